The van der Waals surface area contributed by atoms with Crippen LogP contribution in [0.5, 0.6) is 0 Å². The zero-order valence-corrected chi connectivity index (χ0v) is 16.0. The highest BCUT2D eigenvalue weighted by atomic mass is 35.5. The molecule has 0 bridgehead atoms. The van der Waals surface area contributed by atoms with E-state index in [-0.39, 0.29) is 11.4 Å². The number of halogens is 1. The van der Waals surface area contributed by atoms with Gasteiger partial charge in [-0.2, -0.15) is 5.10 Å². The lowest BCUT2D eigenvalue weighted by atomic mass is 10.2. The van der Waals surface area contributed by atoms with Crippen molar-refractivity contribution in [1.82, 2.24) is 15.1 Å². The van der Waals surface area contributed by atoms with E-state index >= 15 is 0 Å². The summed E-state index contributed by atoms with van der Waals surface area (Å²) < 4.78 is 25.3. The lowest BCUT2D eigenvalue weighted by molar-refractivity contribution is 0.251. The SMILES string of the molecule is CS(=O)(=O)c1ccccc1-n1cc(NC(=O)NCc2ccccc2Cl)cn1. The fourth-order valence-electron chi connectivity index (χ4n) is 2.47. The fraction of sp³-hybridized carbons (Fsp3) is 0.111. The van der Waals surface area contributed by atoms with Crippen molar-refractivity contribution >= 4 is 33.2 Å². The van der Waals surface area contributed by atoms with E-state index in [1.165, 1.54) is 16.9 Å². The number of rotatable bonds is 5. The van der Waals surface area contributed by atoms with E-state index in [0.29, 0.717) is 16.4 Å². The van der Waals surface area contributed by atoms with Gasteiger partial charge in [-0.15, -0.1) is 0 Å². The van der Waals surface area contributed by atoms with Gasteiger partial charge in [0.1, 0.15) is 0 Å². The molecule has 1 heterocycles. The summed E-state index contributed by atoms with van der Waals surface area (Å²) >= 11 is 6.06. The van der Waals surface area contributed by atoms with Gasteiger partial charge < -0.3 is 10.6 Å². The number of carbonyl (C=O) groups is 1. The summed E-state index contributed by atoms with van der Waals surface area (Å²) in [6, 6.07) is 13.3. The fourth-order valence-corrected chi connectivity index (χ4v) is 3.54. The molecule has 0 aliphatic heterocycles. The standard InChI is InChI=1S/C18H17ClN4O3S/c1-27(25,26)17-9-5-4-8-16(17)23-12-14(11-21-23)22-18(24)20-10-13-6-2-3-7-15(13)19/h2-9,11-12H,10H2,1H3,(H2,20,22,24). The second kappa shape index (κ2) is 7.81. The summed E-state index contributed by atoms with van der Waals surface area (Å²) in [6.07, 6.45) is 4.11. The van der Waals surface area contributed by atoms with Crippen LogP contribution in [0.3, 0.4) is 0 Å². The Labute approximate surface area is 161 Å². The first-order valence-electron chi connectivity index (χ1n) is 7.97. The van der Waals surface area contributed by atoms with Crippen LogP contribution in [-0.2, 0) is 16.4 Å². The summed E-state index contributed by atoms with van der Waals surface area (Å²) in [5.41, 5.74) is 1.63. The zero-order chi connectivity index (χ0) is 19.4. The average Bonchev–Trinajstić information content (AvgIpc) is 3.08. The molecule has 0 radical (unpaired) electrons. The molecule has 0 aliphatic carbocycles. The quantitative estimate of drug-likeness (QED) is 0.682. The Morgan fingerprint density at radius 1 is 1.15 bits per heavy atom. The molecule has 7 nitrogen and oxygen atoms in total. The molecular weight excluding hydrogens is 388 g/mol. The Morgan fingerprint density at radius 3 is 2.59 bits per heavy atom. The number of benzene rings is 2. The number of sulfone groups is 1. The topological polar surface area (TPSA) is 93.1 Å². The normalized spacial score (nSPS) is 11.2. The molecule has 9 heteroatoms. The average molecular weight is 405 g/mol. The minimum atomic E-state index is -3.41. The molecule has 2 amide bonds. The number of carbonyl (C=O) groups excluding carboxylic acids is 1. The van der Waals surface area contributed by atoms with Crippen LogP contribution in [0.25, 0.3) is 5.69 Å². The number of para-hydroxylation sites is 1. The number of anilines is 1. The molecule has 2 N–H and O–H groups in total. The number of hydrogen-bond donors (Lipinski definition) is 2. The smallest absolute Gasteiger partial charge is 0.319 e. The third-order valence-electron chi connectivity index (χ3n) is 3.75. The van der Waals surface area contributed by atoms with Crippen molar-refractivity contribution in [3.8, 4) is 5.69 Å². The van der Waals surface area contributed by atoms with E-state index in [9.17, 15) is 13.2 Å². The molecule has 27 heavy (non-hydrogen) atoms. The highest BCUT2D eigenvalue weighted by Crippen LogP contribution is 2.20. The Bertz CT molecular complexity index is 1080. The molecule has 0 fully saturated rings. The second-order valence-corrected chi connectivity index (χ2v) is 8.20. The molecule has 0 spiro atoms. The molecule has 3 aromatic rings. The summed E-state index contributed by atoms with van der Waals surface area (Å²) in [5, 5.41) is 10.1. The van der Waals surface area contributed by atoms with Gasteiger partial charge >= 0.3 is 6.03 Å². The van der Waals surface area contributed by atoms with E-state index in [1.807, 2.05) is 18.2 Å². The lowest BCUT2D eigenvalue weighted by Gasteiger charge is -2.08. The van der Waals surface area contributed by atoms with Crippen LogP contribution >= 0.6 is 11.6 Å². The first-order chi connectivity index (χ1) is 12.8. The lowest BCUT2D eigenvalue weighted by Crippen LogP contribution is -2.28. The van der Waals surface area contributed by atoms with E-state index in [4.69, 9.17) is 11.6 Å². The van der Waals surface area contributed by atoms with Gasteiger partial charge in [0.2, 0.25) is 0 Å². The minimum absolute atomic E-state index is 0.155. The Kier molecular flexibility index (Phi) is 5.48. The third-order valence-corrected chi connectivity index (χ3v) is 5.26. The third kappa shape index (κ3) is 4.66. The van der Waals surface area contributed by atoms with Crippen molar-refractivity contribution < 1.29 is 13.2 Å². The molecule has 2 aromatic carbocycles. The number of aromatic nitrogens is 2. The summed E-state index contributed by atoms with van der Waals surface area (Å²) in [6.45, 7) is 0.274. The predicted octanol–water partition coefficient (Wildman–Crippen LogP) is 3.25. The molecule has 0 saturated carbocycles. The molecule has 140 valence electrons. The van der Waals surface area contributed by atoms with Gasteiger partial charge in [0.05, 0.1) is 28.7 Å². The van der Waals surface area contributed by atoms with Gasteiger partial charge in [0.15, 0.2) is 9.84 Å². The largest absolute Gasteiger partial charge is 0.334 e. The van der Waals surface area contributed by atoms with Gasteiger partial charge in [-0.05, 0) is 23.8 Å². The van der Waals surface area contributed by atoms with Crippen LogP contribution in [0.15, 0.2) is 65.8 Å². The van der Waals surface area contributed by atoms with Crippen molar-refractivity contribution in [2.75, 3.05) is 11.6 Å². The number of urea groups is 1. The van der Waals surface area contributed by atoms with Crippen molar-refractivity contribution in [2.45, 2.75) is 11.4 Å². The van der Waals surface area contributed by atoms with Gasteiger partial charge in [0.25, 0.3) is 0 Å². The number of hydrogen-bond acceptors (Lipinski definition) is 4. The van der Waals surface area contributed by atoms with Gasteiger partial charge in [0, 0.05) is 17.8 Å². The zero-order valence-electron chi connectivity index (χ0n) is 14.4. The van der Waals surface area contributed by atoms with Crippen LogP contribution in [0.1, 0.15) is 5.56 Å². The second-order valence-electron chi connectivity index (χ2n) is 5.81. The molecule has 0 aliphatic rings. The maximum Gasteiger partial charge on any atom is 0.319 e. The molecule has 0 saturated heterocycles. The van der Waals surface area contributed by atoms with Crippen LogP contribution < -0.4 is 10.6 Å². The Balaban J connectivity index is 1.70. The molecular formula is C18H17ClN4O3S. The first kappa shape index (κ1) is 18.9. The van der Waals surface area contributed by atoms with Gasteiger partial charge in [-0.1, -0.05) is 41.9 Å². The first-order valence-corrected chi connectivity index (χ1v) is 10.2. The van der Waals surface area contributed by atoms with Crippen molar-refractivity contribution in [3.63, 3.8) is 0 Å². The van der Waals surface area contributed by atoms with E-state index in [2.05, 4.69) is 15.7 Å². The van der Waals surface area contributed by atoms with Crippen LogP contribution in [0, 0.1) is 0 Å². The number of nitrogens with zero attached hydrogens (tertiary/aromatic N) is 2. The minimum Gasteiger partial charge on any atom is -0.334 e. The van der Waals surface area contributed by atoms with Crippen LogP contribution in [-0.4, -0.2) is 30.5 Å². The van der Waals surface area contributed by atoms with E-state index in [0.717, 1.165) is 11.8 Å². The Morgan fingerprint density at radius 2 is 1.85 bits per heavy atom. The van der Waals surface area contributed by atoms with Crippen LogP contribution in [0.2, 0.25) is 5.02 Å². The van der Waals surface area contributed by atoms with E-state index < -0.39 is 15.9 Å². The molecule has 1 aromatic heterocycles. The monoisotopic (exact) mass is 404 g/mol. The van der Waals surface area contributed by atoms with Crippen LogP contribution in [0.4, 0.5) is 10.5 Å². The molecule has 0 unspecified atom stereocenters. The highest BCUT2D eigenvalue weighted by Gasteiger charge is 2.15. The van der Waals surface area contributed by atoms with Gasteiger partial charge in [-0.25, -0.2) is 17.9 Å². The summed E-state index contributed by atoms with van der Waals surface area (Å²) in [7, 11) is -3.41. The van der Waals surface area contributed by atoms with Crippen molar-refractivity contribution in [1.29, 1.82) is 0 Å². The maximum absolute atomic E-state index is 12.1. The Hall–Kier alpha value is -2.84. The highest BCUT2D eigenvalue weighted by molar-refractivity contribution is 7.90. The summed E-state index contributed by atoms with van der Waals surface area (Å²) in [5.74, 6) is 0. The van der Waals surface area contributed by atoms with Gasteiger partial charge in [-0.3, -0.25) is 0 Å². The number of amides is 2. The molecule has 0 atom stereocenters. The maximum atomic E-state index is 12.1. The summed E-state index contributed by atoms with van der Waals surface area (Å²) in [4.78, 5) is 12.2. The number of nitrogens with one attached hydrogen (secondary N) is 2. The molecule has 3 rings (SSSR count). The predicted molar refractivity (Wildman–Crippen MR) is 104 cm³/mol. The van der Waals surface area contributed by atoms with Crippen molar-refractivity contribution in [3.05, 3.63) is 71.5 Å². The van der Waals surface area contributed by atoms with Crippen molar-refractivity contribution in [2.24, 2.45) is 0 Å². The van der Waals surface area contributed by atoms with E-state index in [1.54, 1.807) is 30.5 Å².